The average molecular weight is 287 g/mol. The van der Waals surface area contributed by atoms with Crippen LogP contribution in [0.1, 0.15) is 81.9 Å². The van der Waals surface area contributed by atoms with Gasteiger partial charge in [-0.05, 0) is 36.8 Å². The molecule has 2 heteroatoms. The summed E-state index contributed by atoms with van der Waals surface area (Å²) in [5.74, 6) is 0.229. The van der Waals surface area contributed by atoms with Gasteiger partial charge in [0, 0.05) is 6.42 Å². The highest BCUT2D eigenvalue weighted by Crippen LogP contribution is 2.29. The Morgan fingerprint density at radius 2 is 1.90 bits per heavy atom. The number of benzene rings is 1. The number of carbonyl (C=O) groups excluding carboxylic acids is 1. The Morgan fingerprint density at radius 1 is 1.14 bits per heavy atom. The maximum Gasteiger partial charge on any atom is 0.220 e. The van der Waals surface area contributed by atoms with E-state index in [0.717, 1.165) is 19.3 Å². The molecule has 0 radical (unpaired) electrons. The molecule has 0 heterocycles. The Hall–Kier alpha value is -1.31. The van der Waals surface area contributed by atoms with Crippen LogP contribution in [0.5, 0.6) is 0 Å². The number of aryl methyl sites for hydroxylation is 1. The van der Waals surface area contributed by atoms with Crippen molar-refractivity contribution in [1.82, 2.24) is 5.32 Å². The zero-order valence-electron chi connectivity index (χ0n) is 13.4. The first-order valence-electron chi connectivity index (χ1n) is 8.68. The first-order chi connectivity index (χ1) is 10.3. The lowest BCUT2D eigenvalue weighted by Crippen LogP contribution is -2.30. The minimum Gasteiger partial charge on any atom is -0.349 e. The molecule has 1 aromatic rings. The summed E-state index contributed by atoms with van der Waals surface area (Å²) in [6.07, 6.45) is 11.5. The summed E-state index contributed by atoms with van der Waals surface area (Å²) in [6, 6.07) is 8.78. The summed E-state index contributed by atoms with van der Waals surface area (Å²) in [4.78, 5) is 12.1. The van der Waals surface area contributed by atoms with Crippen LogP contribution in [-0.4, -0.2) is 5.91 Å². The van der Waals surface area contributed by atoms with Crippen LogP contribution < -0.4 is 5.32 Å². The van der Waals surface area contributed by atoms with Gasteiger partial charge in [0.05, 0.1) is 6.04 Å². The van der Waals surface area contributed by atoms with Gasteiger partial charge in [0.2, 0.25) is 5.91 Å². The Labute approximate surface area is 129 Å². The molecule has 116 valence electrons. The predicted octanol–water partition coefficient (Wildman–Crippen LogP) is 4.93. The summed E-state index contributed by atoms with van der Waals surface area (Å²) in [6.45, 7) is 2.23. The van der Waals surface area contributed by atoms with Crippen LogP contribution in [0.4, 0.5) is 0 Å². The second-order valence-corrected chi connectivity index (χ2v) is 6.23. The molecule has 2 nitrogen and oxygen atoms in total. The van der Waals surface area contributed by atoms with Crippen LogP contribution in [-0.2, 0) is 11.2 Å². The number of fused-ring (bicyclic) bond motifs is 1. The third-order valence-electron chi connectivity index (χ3n) is 4.46. The van der Waals surface area contributed by atoms with E-state index in [4.69, 9.17) is 0 Å². The number of rotatable bonds is 8. The number of carbonyl (C=O) groups is 1. The van der Waals surface area contributed by atoms with E-state index in [1.54, 1.807) is 0 Å². The summed E-state index contributed by atoms with van der Waals surface area (Å²) >= 11 is 0. The Bertz CT molecular complexity index is 441. The second kappa shape index (κ2) is 8.86. The lowest BCUT2D eigenvalue weighted by Gasteiger charge is -2.26. The smallest absolute Gasteiger partial charge is 0.220 e. The molecule has 0 aliphatic heterocycles. The van der Waals surface area contributed by atoms with E-state index in [0.29, 0.717) is 6.42 Å². The fourth-order valence-corrected chi connectivity index (χ4v) is 3.24. The predicted molar refractivity (Wildman–Crippen MR) is 88.3 cm³/mol. The first kappa shape index (κ1) is 16.1. The third-order valence-corrected chi connectivity index (χ3v) is 4.46. The lowest BCUT2D eigenvalue weighted by molar-refractivity contribution is -0.122. The zero-order valence-corrected chi connectivity index (χ0v) is 13.4. The second-order valence-electron chi connectivity index (χ2n) is 6.23. The van der Waals surface area contributed by atoms with Crippen molar-refractivity contribution in [1.29, 1.82) is 0 Å². The van der Waals surface area contributed by atoms with Crippen LogP contribution in [0, 0.1) is 0 Å². The van der Waals surface area contributed by atoms with Gasteiger partial charge in [0.15, 0.2) is 0 Å². The van der Waals surface area contributed by atoms with Crippen molar-refractivity contribution in [2.24, 2.45) is 0 Å². The topological polar surface area (TPSA) is 29.1 Å². The molecule has 2 rings (SSSR count). The summed E-state index contributed by atoms with van der Waals surface area (Å²) in [7, 11) is 0. The molecule has 1 unspecified atom stereocenters. The van der Waals surface area contributed by atoms with E-state index < -0.39 is 0 Å². The fourth-order valence-electron chi connectivity index (χ4n) is 3.24. The molecule has 0 fully saturated rings. The van der Waals surface area contributed by atoms with Gasteiger partial charge in [0.25, 0.3) is 0 Å². The van der Waals surface area contributed by atoms with Crippen molar-refractivity contribution in [3.8, 4) is 0 Å². The minimum absolute atomic E-state index is 0.229. The normalized spacial score (nSPS) is 17.3. The van der Waals surface area contributed by atoms with E-state index in [1.165, 1.54) is 49.7 Å². The molecule has 1 amide bonds. The molecule has 1 N–H and O–H groups in total. The van der Waals surface area contributed by atoms with Crippen LogP contribution in [0.25, 0.3) is 0 Å². The van der Waals surface area contributed by atoms with Gasteiger partial charge in [-0.15, -0.1) is 0 Å². The van der Waals surface area contributed by atoms with Crippen molar-refractivity contribution in [3.63, 3.8) is 0 Å². The number of nitrogens with one attached hydrogen (secondary N) is 1. The first-order valence-corrected chi connectivity index (χ1v) is 8.68. The Kier molecular flexibility index (Phi) is 6.78. The molecule has 0 saturated carbocycles. The molecular formula is C19H29NO. The van der Waals surface area contributed by atoms with E-state index in [9.17, 15) is 4.79 Å². The van der Waals surface area contributed by atoms with Gasteiger partial charge in [-0.1, -0.05) is 63.3 Å². The van der Waals surface area contributed by atoms with Gasteiger partial charge in [0.1, 0.15) is 0 Å². The van der Waals surface area contributed by atoms with Crippen LogP contribution in [0.3, 0.4) is 0 Å². The summed E-state index contributed by atoms with van der Waals surface area (Å²) < 4.78 is 0. The zero-order chi connectivity index (χ0) is 14.9. The quantitative estimate of drug-likeness (QED) is 0.675. The third kappa shape index (κ3) is 5.18. The van der Waals surface area contributed by atoms with Crippen molar-refractivity contribution in [3.05, 3.63) is 35.4 Å². The number of hydrogen-bond acceptors (Lipinski definition) is 1. The maximum atomic E-state index is 12.1. The number of amides is 1. The molecule has 0 aromatic heterocycles. The summed E-state index contributed by atoms with van der Waals surface area (Å²) in [5, 5.41) is 3.24. The average Bonchev–Trinajstić information content (AvgIpc) is 2.51. The Balaban J connectivity index is 1.71. The van der Waals surface area contributed by atoms with Crippen molar-refractivity contribution < 1.29 is 4.79 Å². The highest BCUT2D eigenvalue weighted by molar-refractivity contribution is 5.76. The van der Waals surface area contributed by atoms with Gasteiger partial charge >= 0.3 is 0 Å². The molecule has 1 aromatic carbocycles. The fraction of sp³-hybridized carbons (Fsp3) is 0.632. The molecule has 21 heavy (non-hydrogen) atoms. The highest BCUT2D eigenvalue weighted by Gasteiger charge is 2.20. The summed E-state index contributed by atoms with van der Waals surface area (Å²) in [5.41, 5.74) is 2.74. The lowest BCUT2D eigenvalue weighted by atomic mass is 9.87. The van der Waals surface area contributed by atoms with Crippen LogP contribution in [0.15, 0.2) is 24.3 Å². The highest BCUT2D eigenvalue weighted by atomic mass is 16.1. The largest absolute Gasteiger partial charge is 0.349 e. The van der Waals surface area contributed by atoms with Crippen LogP contribution in [0.2, 0.25) is 0 Å². The van der Waals surface area contributed by atoms with Crippen molar-refractivity contribution in [2.45, 2.75) is 77.2 Å². The molecule has 0 bridgehead atoms. The van der Waals surface area contributed by atoms with Gasteiger partial charge < -0.3 is 5.32 Å². The van der Waals surface area contributed by atoms with Crippen LogP contribution >= 0.6 is 0 Å². The number of hydrogen-bond donors (Lipinski definition) is 1. The molecule has 0 saturated heterocycles. The molecule has 0 spiro atoms. The van der Waals surface area contributed by atoms with Gasteiger partial charge in [-0.25, -0.2) is 0 Å². The number of unbranched alkanes of at least 4 members (excludes halogenated alkanes) is 5. The SMILES string of the molecule is CCCCCCCCC(=O)NC1CCCc2ccccc21. The molecule has 1 aliphatic rings. The molecule has 1 atom stereocenters. The minimum atomic E-state index is 0.229. The van der Waals surface area contributed by atoms with Gasteiger partial charge in [-0.2, -0.15) is 0 Å². The van der Waals surface area contributed by atoms with Gasteiger partial charge in [-0.3, -0.25) is 4.79 Å². The Morgan fingerprint density at radius 3 is 2.76 bits per heavy atom. The van der Waals surface area contributed by atoms with E-state index >= 15 is 0 Å². The van der Waals surface area contributed by atoms with Crippen molar-refractivity contribution in [2.75, 3.05) is 0 Å². The standard InChI is InChI=1S/C19H29NO/c1-2-3-4-5-6-7-15-19(21)20-18-14-10-12-16-11-8-9-13-17(16)18/h8-9,11,13,18H,2-7,10,12,14-15H2,1H3,(H,20,21). The monoisotopic (exact) mass is 287 g/mol. The molecule has 1 aliphatic carbocycles. The maximum absolute atomic E-state index is 12.1. The van der Waals surface area contributed by atoms with E-state index in [2.05, 4.69) is 36.5 Å². The molecular weight excluding hydrogens is 258 g/mol. The van der Waals surface area contributed by atoms with E-state index in [-0.39, 0.29) is 11.9 Å². The van der Waals surface area contributed by atoms with E-state index in [1.807, 2.05) is 0 Å². The van der Waals surface area contributed by atoms with Crippen molar-refractivity contribution >= 4 is 5.91 Å².